The van der Waals surface area contributed by atoms with Crippen molar-refractivity contribution in [2.24, 2.45) is 5.92 Å². The number of carbonyl (C=O) groups is 1. The van der Waals surface area contributed by atoms with Crippen LogP contribution in [-0.2, 0) is 19.0 Å². The van der Waals surface area contributed by atoms with Crippen LogP contribution < -0.4 is 0 Å². The van der Waals surface area contributed by atoms with E-state index in [1.165, 1.54) is 0 Å². The molecule has 0 aromatic heterocycles. The van der Waals surface area contributed by atoms with Gasteiger partial charge in [-0.25, -0.2) is 0 Å². The zero-order valence-corrected chi connectivity index (χ0v) is 13.7. The van der Waals surface area contributed by atoms with Crippen molar-refractivity contribution < 1.29 is 24.1 Å². The Morgan fingerprint density at radius 3 is 2.10 bits per heavy atom. The molecule has 0 rings (SSSR count). The summed E-state index contributed by atoms with van der Waals surface area (Å²) in [6, 6.07) is 0. The molecule has 1 atom stereocenters. The minimum Gasteiger partial charge on any atom is -0.481 e. The van der Waals surface area contributed by atoms with Crippen LogP contribution in [-0.4, -0.2) is 75.8 Å². The van der Waals surface area contributed by atoms with Crippen molar-refractivity contribution in [3.05, 3.63) is 0 Å². The van der Waals surface area contributed by atoms with Crippen molar-refractivity contribution in [2.75, 3.05) is 59.8 Å². The SMILES string of the molecule is CCCCOCCOCCOCCN(C)CC(C)C(=O)O. The van der Waals surface area contributed by atoms with E-state index in [9.17, 15) is 4.79 Å². The van der Waals surface area contributed by atoms with Gasteiger partial charge in [0.25, 0.3) is 0 Å². The second kappa shape index (κ2) is 14.3. The highest BCUT2D eigenvalue weighted by Crippen LogP contribution is 1.97. The van der Waals surface area contributed by atoms with E-state index < -0.39 is 5.97 Å². The Hall–Kier alpha value is -0.690. The summed E-state index contributed by atoms with van der Waals surface area (Å²) in [5.41, 5.74) is 0. The molecule has 1 unspecified atom stereocenters. The smallest absolute Gasteiger partial charge is 0.307 e. The second-order valence-corrected chi connectivity index (χ2v) is 5.19. The average Bonchev–Trinajstić information content (AvgIpc) is 2.44. The van der Waals surface area contributed by atoms with Crippen molar-refractivity contribution in [2.45, 2.75) is 26.7 Å². The molecule has 1 N–H and O–H groups in total. The number of nitrogens with zero attached hydrogens (tertiary/aromatic N) is 1. The highest BCUT2D eigenvalue weighted by Gasteiger charge is 2.12. The molecular weight excluding hydrogens is 274 g/mol. The van der Waals surface area contributed by atoms with Gasteiger partial charge in [0, 0.05) is 19.7 Å². The lowest BCUT2D eigenvalue weighted by Crippen LogP contribution is -2.31. The molecule has 0 aromatic rings. The van der Waals surface area contributed by atoms with Crippen LogP contribution in [0.15, 0.2) is 0 Å². The maximum atomic E-state index is 10.7. The van der Waals surface area contributed by atoms with E-state index in [4.69, 9.17) is 19.3 Å². The highest BCUT2D eigenvalue weighted by molar-refractivity contribution is 5.69. The second-order valence-electron chi connectivity index (χ2n) is 5.19. The fourth-order valence-corrected chi connectivity index (χ4v) is 1.65. The molecule has 0 aliphatic carbocycles. The molecule has 0 bridgehead atoms. The van der Waals surface area contributed by atoms with Crippen LogP contribution in [0.4, 0.5) is 0 Å². The number of unbranched alkanes of at least 4 members (excludes halogenated alkanes) is 1. The lowest BCUT2D eigenvalue weighted by Gasteiger charge is -2.18. The number of hydrogen-bond acceptors (Lipinski definition) is 5. The number of carboxylic acid groups (broad SMARTS) is 1. The maximum Gasteiger partial charge on any atom is 0.307 e. The Balaban J connectivity index is 3.23. The summed E-state index contributed by atoms with van der Waals surface area (Å²) in [5, 5.41) is 8.81. The summed E-state index contributed by atoms with van der Waals surface area (Å²) in [4.78, 5) is 12.7. The summed E-state index contributed by atoms with van der Waals surface area (Å²) in [6.07, 6.45) is 2.24. The molecule has 0 spiro atoms. The molecule has 0 amide bonds. The van der Waals surface area contributed by atoms with E-state index in [0.717, 1.165) is 26.0 Å². The normalized spacial score (nSPS) is 12.8. The lowest BCUT2D eigenvalue weighted by atomic mass is 10.2. The number of carboxylic acids is 1. The van der Waals surface area contributed by atoms with E-state index >= 15 is 0 Å². The van der Waals surface area contributed by atoms with E-state index in [1.54, 1.807) is 6.92 Å². The topological polar surface area (TPSA) is 68.2 Å². The van der Waals surface area contributed by atoms with Crippen LogP contribution in [0.5, 0.6) is 0 Å². The number of ether oxygens (including phenoxy) is 3. The molecule has 6 heteroatoms. The standard InChI is InChI=1S/C15H31NO5/c1-4-5-7-19-9-11-21-12-10-20-8-6-16(3)13-14(2)15(17)18/h14H,4-13H2,1-3H3,(H,17,18). The molecule has 0 fully saturated rings. The molecule has 0 saturated carbocycles. The number of hydrogen-bond donors (Lipinski definition) is 1. The van der Waals surface area contributed by atoms with Crippen LogP contribution >= 0.6 is 0 Å². The van der Waals surface area contributed by atoms with Gasteiger partial charge in [-0.3, -0.25) is 4.79 Å². The molecule has 0 radical (unpaired) electrons. The summed E-state index contributed by atoms with van der Waals surface area (Å²) >= 11 is 0. The third-order valence-electron chi connectivity index (χ3n) is 3.01. The van der Waals surface area contributed by atoms with Crippen LogP contribution in [0.1, 0.15) is 26.7 Å². The summed E-state index contributed by atoms with van der Waals surface area (Å²) in [5.74, 6) is -1.12. The predicted octanol–water partition coefficient (Wildman–Crippen LogP) is 1.49. The van der Waals surface area contributed by atoms with Gasteiger partial charge in [0.1, 0.15) is 0 Å². The van der Waals surface area contributed by atoms with E-state index in [0.29, 0.717) is 39.6 Å². The average molecular weight is 305 g/mol. The van der Waals surface area contributed by atoms with Crippen LogP contribution in [0, 0.1) is 5.92 Å². The quantitative estimate of drug-likeness (QED) is 0.462. The zero-order chi connectivity index (χ0) is 15.9. The van der Waals surface area contributed by atoms with Gasteiger partial charge in [-0.1, -0.05) is 20.3 Å². The van der Waals surface area contributed by atoms with Crippen molar-refractivity contribution in [3.63, 3.8) is 0 Å². The first-order chi connectivity index (χ1) is 10.1. The van der Waals surface area contributed by atoms with E-state index in [-0.39, 0.29) is 5.92 Å². The Kier molecular flexibility index (Phi) is 13.8. The van der Waals surface area contributed by atoms with Gasteiger partial charge in [0.2, 0.25) is 0 Å². The molecule has 0 aromatic carbocycles. The highest BCUT2D eigenvalue weighted by atomic mass is 16.5. The number of aliphatic carboxylic acids is 1. The lowest BCUT2D eigenvalue weighted by molar-refractivity contribution is -0.141. The monoisotopic (exact) mass is 305 g/mol. The van der Waals surface area contributed by atoms with Gasteiger partial charge < -0.3 is 24.2 Å². The maximum absolute atomic E-state index is 10.7. The van der Waals surface area contributed by atoms with Gasteiger partial charge >= 0.3 is 5.97 Å². The van der Waals surface area contributed by atoms with Crippen molar-refractivity contribution in [1.29, 1.82) is 0 Å². The molecule has 0 aliphatic heterocycles. The zero-order valence-electron chi connectivity index (χ0n) is 13.7. The Morgan fingerprint density at radius 2 is 1.57 bits per heavy atom. The van der Waals surface area contributed by atoms with Crippen LogP contribution in [0.2, 0.25) is 0 Å². The first kappa shape index (κ1) is 20.3. The van der Waals surface area contributed by atoms with Crippen molar-refractivity contribution >= 4 is 5.97 Å². The molecule has 6 nitrogen and oxygen atoms in total. The minimum atomic E-state index is -0.766. The van der Waals surface area contributed by atoms with Gasteiger partial charge in [-0.15, -0.1) is 0 Å². The fourth-order valence-electron chi connectivity index (χ4n) is 1.65. The Morgan fingerprint density at radius 1 is 1.05 bits per heavy atom. The van der Waals surface area contributed by atoms with Gasteiger partial charge in [0.15, 0.2) is 0 Å². The third-order valence-corrected chi connectivity index (χ3v) is 3.01. The molecule has 126 valence electrons. The molecule has 0 saturated heterocycles. The third kappa shape index (κ3) is 14.0. The summed E-state index contributed by atoms with van der Waals surface area (Å²) in [7, 11) is 1.90. The summed E-state index contributed by atoms with van der Waals surface area (Å²) in [6.45, 7) is 8.83. The van der Waals surface area contributed by atoms with Crippen molar-refractivity contribution in [3.8, 4) is 0 Å². The molecule has 0 heterocycles. The molecule has 0 aliphatic rings. The largest absolute Gasteiger partial charge is 0.481 e. The molecule has 21 heavy (non-hydrogen) atoms. The number of rotatable bonds is 15. The van der Waals surface area contributed by atoms with E-state index in [2.05, 4.69) is 6.92 Å². The van der Waals surface area contributed by atoms with E-state index in [1.807, 2.05) is 11.9 Å². The Labute approximate surface area is 128 Å². The van der Waals surface area contributed by atoms with Gasteiger partial charge in [-0.2, -0.15) is 0 Å². The predicted molar refractivity (Wildman–Crippen MR) is 81.7 cm³/mol. The van der Waals surface area contributed by atoms with Gasteiger partial charge in [0.05, 0.1) is 39.0 Å². The minimum absolute atomic E-state index is 0.356. The van der Waals surface area contributed by atoms with Crippen LogP contribution in [0.3, 0.4) is 0 Å². The number of likely N-dealkylation sites (N-methyl/N-ethyl adjacent to an activating group) is 1. The van der Waals surface area contributed by atoms with Crippen molar-refractivity contribution in [1.82, 2.24) is 4.90 Å². The first-order valence-electron chi connectivity index (χ1n) is 7.72. The fraction of sp³-hybridized carbons (Fsp3) is 0.933. The van der Waals surface area contributed by atoms with Crippen LogP contribution in [0.25, 0.3) is 0 Å². The Bertz CT molecular complexity index is 250. The first-order valence-corrected chi connectivity index (χ1v) is 7.72. The summed E-state index contributed by atoms with van der Waals surface area (Å²) < 4.78 is 16.2. The van der Waals surface area contributed by atoms with Gasteiger partial charge in [-0.05, 0) is 13.5 Å². The molecular formula is C15H31NO5.